The van der Waals surface area contributed by atoms with Crippen molar-refractivity contribution < 1.29 is 9.66 Å². The van der Waals surface area contributed by atoms with Crippen molar-refractivity contribution in [2.45, 2.75) is 38.8 Å². The number of ether oxygens (including phenoxy) is 1. The van der Waals surface area contributed by atoms with Gasteiger partial charge in [0.25, 0.3) is 0 Å². The predicted octanol–water partition coefficient (Wildman–Crippen LogP) is 3.19. The first kappa shape index (κ1) is 14.5. The smallest absolute Gasteiger partial charge is 0.310 e. The summed E-state index contributed by atoms with van der Waals surface area (Å²) < 4.78 is 5.54. The van der Waals surface area contributed by atoms with Gasteiger partial charge in [-0.2, -0.15) is 0 Å². The van der Waals surface area contributed by atoms with Gasteiger partial charge in [0, 0.05) is 25.1 Å². The first-order chi connectivity index (χ1) is 9.56. The number of nitro benzene ring substituents is 1. The van der Waals surface area contributed by atoms with Crippen LogP contribution in [0.1, 0.15) is 31.7 Å². The van der Waals surface area contributed by atoms with Crippen molar-refractivity contribution in [2.75, 3.05) is 6.61 Å². The van der Waals surface area contributed by atoms with Gasteiger partial charge in [0.15, 0.2) is 5.75 Å². The lowest BCUT2D eigenvalue weighted by Crippen LogP contribution is -2.15. The van der Waals surface area contributed by atoms with Crippen LogP contribution in [0.25, 0.3) is 0 Å². The van der Waals surface area contributed by atoms with Gasteiger partial charge in [0.1, 0.15) is 0 Å². The third-order valence-corrected chi connectivity index (χ3v) is 3.18. The van der Waals surface area contributed by atoms with E-state index in [0.29, 0.717) is 24.8 Å². The van der Waals surface area contributed by atoms with Crippen LogP contribution in [-0.2, 0) is 6.54 Å². The zero-order valence-corrected chi connectivity index (χ0v) is 11.7. The van der Waals surface area contributed by atoms with Crippen LogP contribution in [0.15, 0.2) is 30.4 Å². The molecule has 0 spiro atoms. The predicted molar refractivity (Wildman–Crippen MR) is 77.9 cm³/mol. The number of nitrogens with zero attached hydrogens (tertiary/aromatic N) is 1. The summed E-state index contributed by atoms with van der Waals surface area (Å²) in [6, 6.07) is 5.66. The summed E-state index contributed by atoms with van der Waals surface area (Å²) in [4.78, 5) is 10.6. The minimum Gasteiger partial charge on any atom is -0.486 e. The molecule has 0 radical (unpaired) electrons. The van der Waals surface area contributed by atoms with Crippen LogP contribution in [-0.4, -0.2) is 17.6 Å². The molecule has 0 aliphatic heterocycles. The summed E-state index contributed by atoms with van der Waals surface area (Å²) in [6.07, 6.45) is 3.13. The number of nitro groups is 1. The first-order valence-corrected chi connectivity index (χ1v) is 6.84. The summed E-state index contributed by atoms with van der Waals surface area (Å²) in [5.74, 6) is 0.339. The minimum absolute atomic E-state index is 0.0156. The van der Waals surface area contributed by atoms with E-state index in [2.05, 4.69) is 11.9 Å². The summed E-state index contributed by atoms with van der Waals surface area (Å²) in [6.45, 7) is 6.84. The molecule has 1 fully saturated rings. The van der Waals surface area contributed by atoms with Gasteiger partial charge in [-0.1, -0.05) is 11.6 Å². The van der Waals surface area contributed by atoms with Crippen LogP contribution in [0.4, 0.5) is 5.69 Å². The molecule has 20 heavy (non-hydrogen) atoms. The quantitative estimate of drug-likeness (QED) is 0.450. The highest BCUT2D eigenvalue weighted by molar-refractivity contribution is 5.48. The van der Waals surface area contributed by atoms with Crippen molar-refractivity contribution >= 4 is 5.69 Å². The second-order valence-electron chi connectivity index (χ2n) is 5.27. The van der Waals surface area contributed by atoms with E-state index in [9.17, 15) is 10.1 Å². The molecule has 1 aliphatic carbocycles. The highest BCUT2D eigenvalue weighted by Gasteiger charge is 2.21. The van der Waals surface area contributed by atoms with Gasteiger partial charge in [0.2, 0.25) is 0 Å². The number of hydrogen-bond acceptors (Lipinski definition) is 4. The van der Waals surface area contributed by atoms with Crippen molar-refractivity contribution in [2.24, 2.45) is 0 Å². The lowest BCUT2D eigenvalue weighted by molar-refractivity contribution is -0.385. The van der Waals surface area contributed by atoms with Crippen LogP contribution in [0.5, 0.6) is 5.75 Å². The zero-order valence-electron chi connectivity index (χ0n) is 11.7. The van der Waals surface area contributed by atoms with E-state index in [1.807, 2.05) is 6.92 Å². The molecule has 5 heteroatoms. The van der Waals surface area contributed by atoms with Crippen LogP contribution >= 0.6 is 0 Å². The van der Waals surface area contributed by atoms with Crippen molar-refractivity contribution in [1.29, 1.82) is 0 Å². The molecule has 0 aromatic heterocycles. The standard InChI is InChI=1S/C15H20N2O3/c1-11(2)7-8-20-15-9-12(10-16-13-4-5-13)3-6-14(15)17(18)19/h3,6,9,13,16H,1,4-5,7-8,10H2,2H3. The maximum Gasteiger partial charge on any atom is 0.310 e. The fourth-order valence-electron chi connectivity index (χ4n) is 1.82. The third kappa shape index (κ3) is 4.35. The Labute approximate surface area is 118 Å². The maximum atomic E-state index is 11.0. The van der Waals surface area contributed by atoms with Crippen molar-refractivity contribution in [3.63, 3.8) is 0 Å². The average Bonchev–Trinajstić information content (AvgIpc) is 3.19. The molecule has 1 aliphatic rings. The summed E-state index contributed by atoms with van der Waals surface area (Å²) in [7, 11) is 0. The van der Waals surface area contributed by atoms with Gasteiger partial charge >= 0.3 is 5.69 Å². The Morgan fingerprint density at radius 2 is 2.30 bits per heavy atom. The van der Waals surface area contributed by atoms with Crippen LogP contribution in [0.3, 0.4) is 0 Å². The molecule has 0 heterocycles. The topological polar surface area (TPSA) is 64.4 Å². The Hall–Kier alpha value is -1.88. The number of rotatable bonds is 8. The summed E-state index contributed by atoms with van der Waals surface area (Å²) in [5, 5.41) is 14.4. The van der Waals surface area contributed by atoms with Gasteiger partial charge in [-0.25, -0.2) is 0 Å². The van der Waals surface area contributed by atoms with Crippen LogP contribution in [0.2, 0.25) is 0 Å². The molecule has 108 valence electrons. The molecular weight excluding hydrogens is 256 g/mol. The van der Waals surface area contributed by atoms with E-state index in [1.165, 1.54) is 18.9 Å². The fourth-order valence-corrected chi connectivity index (χ4v) is 1.82. The Balaban J connectivity index is 2.04. The average molecular weight is 276 g/mol. The van der Waals surface area contributed by atoms with E-state index in [-0.39, 0.29) is 5.69 Å². The van der Waals surface area contributed by atoms with Crippen LogP contribution < -0.4 is 10.1 Å². The molecule has 5 nitrogen and oxygen atoms in total. The van der Waals surface area contributed by atoms with Crippen molar-refractivity contribution in [3.05, 3.63) is 46.0 Å². The van der Waals surface area contributed by atoms with Crippen LogP contribution in [0, 0.1) is 10.1 Å². The molecule has 1 N–H and O–H groups in total. The molecule has 1 aromatic carbocycles. The van der Waals surface area contributed by atoms with Gasteiger partial charge in [-0.15, -0.1) is 6.58 Å². The fraction of sp³-hybridized carbons (Fsp3) is 0.467. The van der Waals surface area contributed by atoms with E-state index in [4.69, 9.17) is 4.74 Å². The maximum absolute atomic E-state index is 11.0. The monoisotopic (exact) mass is 276 g/mol. The van der Waals surface area contributed by atoms with Crippen molar-refractivity contribution in [1.82, 2.24) is 5.32 Å². The molecule has 0 atom stereocenters. The van der Waals surface area contributed by atoms with E-state index in [0.717, 1.165) is 17.7 Å². The van der Waals surface area contributed by atoms with Gasteiger partial charge < -0.3 is 10.1 Å². The van der Waals surface area contributed by atoms with E-state index >= 15 is 0 Å². The lowest BCUT2D eigenvalue weighted by atomic mass is 10.2. The SMILES string of the molecule is C=C(C)CCOc1cc(CNC2CC2)ccc1[N+](=O)[O-]. The number of hydrogen-bond donors (Lipinski definition) is 1. The Bertz CT molecular complexity index is 510. The Morgan fingerprint density at radius 3 is 2.90 bits per heavy atom. The van der Waals surface area contributed by atoms with Crippen molar-refractivity contribution in [3.8, 4) is 5.75 Å². The normalized spacial score (nSPS) is 14.1. The van der Waals surface area contributed by atoms with Gasteiger partial charge in [-0.3, -0.25) is 10.1 Å². The van der Waals surface area contributed by atoms with Gasteiger partial charge in [0.05, 0.1) is 11.5 Å². The molecule has 1 aromatic rings. The summed E-state index contributed by atoms with van der Waals surface area (Å²) >= 11 is 0. The first-order valence-electron chi connectivity index (χ1n) is 6.84. The molecule has 2 rings (SSSR count). The Kier molecular flexibility index (Phi) is 4.74. The molecule has 0 bridgehead atoms. The molecular formula is C15H20N2O3. The molecule has 0 unspecified atom stereocenters. The highest BCUT2D eigenvalue weighted by Crippen LogP contribution is 2.29. The second kappa shape index (κ2) is 6.52. The van der Waals surface area contributed by atoms with E-state index in [1.54, 1.807) is 12.1 Å². The number of nitrogens with one attached hydrogen (secondary N) is 1. The second-order valence-corrected chi connectivity index (χ2v) is 5.27. The number of benzene rings is 1. The largest absolute Gasteiger partial charge is 0.486 e. The summed E-state index contributed by atoms with van der Waals surface area (Å²) in [5.41, 5.74) is 2.02. The van der Waals surface area contributed by atoms with Gasteiger partial charge in [-0.05, 0) is 31.4 Å². The lowest BCUT2D eigenvalue weighted by Gasteiger charge is -2.09. The Morgan fingerprint density at radius 1 is 1.55 bits per heavy atom. The van der Waals surface area contributed by atoms with E-state index < -0.39 is 4.92 Å². The third-order valence-electron chi connectivity index (χ3n) is 3.18. The molecule has 0 saturated heterocycles. The highest BCUT2D eigenvalue weighted by atomic mass is 16.6. The zero-order chi connectivity index (χ0) is 14.5. The molecule has 1 saturated carbocycles. The minimum atomic E-state index is -0.409. The molecule has 0 amide bonds.